The molecule has 32 heavy (non-hydrogen) atoms. The molecule has 0 bridgehead atoms. The zero-order chi connectivity index (χ0) is 23.5. The van der Waals surface area contributed by atoms with Gasteiger partial charge in [-0.3, -0.25) is 0 Å². The van der Waals surface area contributed by atoms with Gasteiger partial charge in [-0.25, -0.2) is 9.59 Å². The number of rotatable bonds is 23. The molecule has 12 heteroatoms. The van der Waals surface area contributed by atoms with Gasteiger partial charge in [-0.1, -0.05) is 0 Å². The van der Waals surface area contributed by atoms with Crippen LogP contribution in [0, 0.1) is 0 Å². The minimum Gasteiger partial charge on any atom is -0.394 e. The van der Waals surface area contributed by atoms with Crippen LogP contribution in [0.1, 0.15) is 19.8 Å². The lowest BCUT2D eigenvalue weighted by molar-refractivity contribution is 0.0178. The number of carbonyl (C=O) groups excluding carboxylic acids is 2. The Bertz CT molecular complexity index is 432. The fraction of sp³-hybridized carbons (Fsp3) is 0.900. The van der Waals surface area contributed by atoms with Gasteiger partial charge < -0.3 is 50.1 Å². The van der Waals surface area contributed by atoms with Crippen LogP contribution in [0.3, 0.4) is 0 Å². The van der Waals surface area contributed by atoms with Gasteiger partial charge in [0.05, 0.1) is 66.1 Å². The van der Waals surface area contributed by atoms with Crippen LogP contribution in [0.4, 0.5) is 9.59 Å². The van der Waals surface area contributed by atoms with E-state index in [1.165, 1.54) is 0 Å². The van der Waals surface area contributed by atoms with Gasteiger partial charge in [0.25, 0.3) is 0 Å². The molecule has 0 rings (SSSR count). The average Bonchev–Trinajstić information content (AvgIpc) is 2.79. The lowest BCUT2D eigenvalue weighted by Crippen LogP contribution is -2.39. The highest BCUT2D eigenvalue weighted by molar-refractivity contribution is 5.74. The summed E-state index contributed by atoms with van der Waals surface area (Å²) in [7, 11) is 0. The maximum Gasteiger partial charge on any atom is 0.314 e. The Kier molecular flexibility index (Phi) is 24.2. The van der Waals surface area contributed by atoms with Crippen LogP contribution in [0.25, 0.3) is 0 Å². The van der Waals surface area contributed by atoms with Crippen LogP contribution in [0.5, 0.6) is 0 Å². The lowest BCUT2D eigenvalue weighted by atomic mass is 10.3. The van der Waals surface area contributed by atoms with Crippen LogP contribution < -0.4 is 21.3 Å². The Morgan fingerprint density at radius 1 is 0.562 bits per heavy atom. The molecule has 0 aliphatic rings. The molecular formula is C20H42N4O8. The second kappa shape index (κ2) is 25.6. The molecule has 0 aliphatic heterocycles. The third-order valence-corrected chi connectivity index (χ3v) is 3.79. The number of unbranched alkanes of at least 4 members (excludes halogenated alkanes) is 1. The van der Waals surface area contributed by atoms with Crippen molar-refractivity contribution in [3.63, 3.8) is 0 Å². The summed E-state index contributed by atoms with van der Waals surface area (Å²) in [5.41, 5.74) is 0. The van der Waals surface area contributed by atoms with E-state index in [-0.39, 0.29) is 18.7 Å². The Balaban J connectivity index is 3.27. The number of hydrogen-bond acceptors (Lipinski definition) is 8. The maximum atomic E-state index is 11.6. The number of nitrogens with one attached hydrogen (secondary N) is 4. The third kappa shape index (κ3) is 24.6. The predicted molar refractivity (Wildman–Crippen MR) is 119 cm³/mol. The summed E-state index contributed by atoms with van der Waals surface area (Å²) in [5, 5.41) is 19.4. The summed E-state index contributed by atoms with van der Waals surface area (Å²) in [4.78, 5) is 23.2. The van der Waals surface area contributed by atoms with Crippen molar-refractivity contribution < 1.29 is 38.4 Å². The van der Waals surface area contributed by atoms with Crippen molar-refractivity contribution in [3.8, 4) is 0 Å². The predicted octanol–water partition coefficient (Wildman–Crippen LogP) is -0.540. The average molecular weight is 467 g/mol. The van der Waals surface area contributed by atoms with E-state index in [9.17, 15) is 9.59 Å². The van der Waals surface area contributed by atoms with Gasteiger partial charge >= 0.3 is 12.1 Å². The standard InChI is InChI=1S/C20H42N4O8/c1-2-28-13-14-32-18-16-30-11-8-24-20(27)22-6-4-3-5-21-19(26)23-7-10-29-15-17-31-12-9-25/h25H,2-18H2,1H3,(H2,21,23,26)(H2,22,24,27). The summed E-state index contributed by atoms with van der Waals surface area (Å²) >= 11 is 0. The smallest absolute Gasteiger partial charge is 0.314 e. The normalized spacial score (nSPS) is 10.7. The Hall–Kier alpha value is -1.70. The van der Waals surface area contributed by atoms with Crippen LogP contribution in [0.2, 0.25) is 0 Å². The van der Waals surface area contributed by atoms with Gasteiger partial charge in [0, 0.05) is 32.8 Å². The van der Waals surface area contributed by atoms with Crippen molar-refractivity contribution >= 4 is 12.1 Å². The van der Waals surface area contributed by atoms with Gasteiger partial charge in [0.1, 0.15) is 0 Å². The van der Waals surface area contributed by atoms with Crippen molar-refractivity contribution in [2.24, 2.45) is 0 Å². The van der Waals surface area contributed by atoms with E-state index in [2.05, 4.69) is 21.3 Å². The molecule has 0 heterocycles. The number of aliphatic hydroxyl groups is 1. The van der Waals surface area contributed by atoms with Gasteiger partial charge in [-0.05, 0) is 19.8 Å². The van der Waals surface area contributed by atoms with E-state index in [0.29, 0.717) is 92.2 Å². The van der Waals surface area contributed by atoms with Crippen LogP contribution in [-0.2, 0) is 23.7 Å². The highest BCUT2D eigenvalue weighted by atomic mass is 16.5. The fourth-order valence-corrected chi connectivity index (χ4v) is 2.22. The van der Waals surface area contributed by atoms with E-state index in [4.69, 9.17) is 28.8 Å². The van der Waals surface area contributed by atoms with Gasteiger partial charge in [-0.15, -0.1) is 0 Å². The Labute approximate surface area is 191 Å². The fourth-order valence-electron chi connectivity index (χ4n) is 2.22. The number of carbonyl (C=O) groups is 2. The first-order chi connectivity index (χ1) is 15.7. The number of hydrogen-bond donors (Lipinski definition) is 5. The second-order valence-electron chi connectivity index (χ2n) is 6.44. The molecule has 0 aromatic carbocycles. The Morgan fingerprint density at radius 2 is 0.938 bits per heavy atom. The molecule has 4 amide bonds. The topological polar surface area (TPSA) is 149 Å². The van der Waals surface area contributed by atoms with Crippen LogP contribution >= 0.6 is 0 Å². The van der Waals surface area contributed by atoms with E-state index in [1.54, 1.807) is 0 Å². The monoisotopic (exact) mass is 466 g/mol. The minimum atomic E-state index is -0.254. The molecule has 0 atom stereocenters. The second-order valence-corrected chi connectivity index (χ2v) is 6.44. The molecule has 0 radical (unpaired) electrons. The first-order valence-corrected chi connectivity index (χ1v) is 11.2. The summed E-state index contributed by atoms with van der Waals surface area (Å²) in [6, 6.07) is -0.496. The third-order valence-electron chi connectivity index (χ3n) is 3.79. The number of aliphatic hydroxyl groups excluding tert-OH is 1. The van der Waals surface area contributed by atoms with Gasteiger partial charge in [0.15, 0.2) is 0 Å². The molecule has 0 saturated heterocycles. The van der Waals surface area contributed by atoms with Gasteiger partial charge in [0.2, 0.25) is 0 Å². The molecule has 0 aromatic rings. The molecule has 0 fully saturated rings. The number of amides is 4. The highest BCUT2D eigenvalue weighted by Crippen LogP contribution is 1.85. The minimum absolute atomic E-state index is 0.00640. The van der Waals surface area contributed by atoms with E-state index in [1.807, 2.05) is 6.92 Å². The number of ether oxygens (including phenoxy) is 5. The van der Waals surface area contributed by atoms with E-state index >= 15 is 0 Å². The van der Waals surface area contributed by atoms with E-state index < -0.39 is 0 Å². The summed E-state index contributed by atoms with van der Waals surface area (Å²) in [6.07, 6.45) is 1.50. The quantitative estimate of drug-likeness (QED) is 0.126. The first kappa shape index (κ1) is 30.3. The summed E-state index contributed by atoms with van der Waals surface area (Å²) in [6.45, 7) is 8.54. The van der Waals surface area contributed by atoms with Crippen molar-refractivity contribution in [1.82, 2.24) is 21.3 Å². The molecule has 12 nitrogen and oxygen atoms in total. The molecule has 0 saturated carbocycles. The molecule has 0 spiro atoms. The summed E-state index contributed by atoms with van der Waals surface area (Å²) in [5.74, 6) is 0. The lowest BCUT2D eigenvalue weighted by Gasteiger charge is -2.10. The molecule has 0 unspecified atom stereocenters. The van der Waals surface area contributed by atoms with Crippen LogP contribution in [-0.4, -0.2) is 116 Å². The zero-order valence-electron chi connectivity index (χ0n) is 19.3. The first-order valence-electron chi connectivity index (χ1n) is 11.2. The molecule has 0 aromatic heterocycles. The van der Waals surface area contributed by atoms with Crippen molar-refractivity contribution in [1.29, 1.82) is 0 Å². The number of urea groups is 2. The molecule has 0 aliphatic carbocycles. The van der Waals surface area contributed by atoms with Crippen molar-refractivity contribution in [2.45, 2.75) is 19.8 Å². The van der Waals surface area contributed by atoms with Gasteiger partial charge in [-0.2, -0.15) is 0 Å². The molecule has 5 N–H and O–H groups in total. The largest absolute Gasteiger partial charge is 0.394 e. The summed E-state index contributed by atoms with van der Waals surface area (Å²) < 4.78 is 26.1. The van der Waals surface area contributed by atoms with Crippen molar-refractivity contribution in [2.75, 3.05) is 98.9 Å². The highest BCUT2D eigenvalue weighted by Gasteiger charge is 2.01. The van der Waals surface area contributed by atoms with E-state index in [0.717, 1.165) is 12.8 Å². The zero-order valence-corrected chi connectivity index (χ0v) is 19.3. The van der Waals surface area contributed by atoms with Crippen LogP contribution in [0.15, 0.2) is 0 Å². The van der Waals surface area contributed by atoms with Crippen molar-refractivity contribution in [3.05, 3.63) is 0 Å². The SMILES string of the molecule is CCOCCOCCOCCNC(=O)NCCCCNC(=O)NCCOCCOCCO. The maximum absolute atomic E-state index is 11.6. The molecular weight excluding hydrogens is 424 g/mol. The molecule has 190 valence electrons. The Morgan fingerprint density at radius 3 is 1.38 bits per heavy atom.